The van der Waals surface area contributed by atoms with E-state index in [0.29, 0.717) is 24.0 Å². The molecule has 7 heteroatoms. The van der Waals surface area contributed by atoms with Crippen LogP contribution in [0.2, 0.25) is 36.3 Å². The zero-order chi connectivity index (χ0) is 41.2. The maximum Gasteiger partial charge on any atom is 0.302 e. The molecule has 4 rings (SSSR count). The maximum atomic E-state index is 13.9. The SMILES string of the molecule is C=C1/C(=C\C=C2/CCC[C@]3(C)[C@@H]([C@H](C)C(CC(=O)C4(CCCCCCC)CC4)OC(C)=O)CC[C@@H]23)CC(O[Si](C)(C)C(C)(C)C)CC1O[Si](C)(C)C(C)(C)C. The summed E-state index contributed by atoms with van der Waals surface area (Å²) < 4.78 is 20.3. The van der Waals surface area contributed by atoms with Crippen LogP contribution in [0.4, 0.5) is 0 Å². The smallest absolute Gasteiger partial charge is 0.302 e. The fraction of sp³-hybridized carbons (Fsp3) is 0.833. The van der Waals surface area contributed by atoms with Crippen molar-refractivity contribution in [3.05, 3.63) is 35.5 Å². The van der Waals surface area contributed by atoms with E-state index in [1.165, 1.54) is 51.0 Å². The number of rotatable bonds is 17. The van der Waals surface area contributed by atoms with Gasteiger partial charge in [0.1, 0.15) is 11.9 Å². The number of hydrogen-bond acceptors (Lipinski definition) is 5. The van der Waals surface area contributed by atoms with Crippen molar-refractivity contribution in [1.82, 2.24) is 0 Å². The van der Waals surface area contributed by atoms with E-state index in [2.05, 4.69) is 101 Å². The Hall–Kier alpha value is -1.29. The third kappa shape index (κ3) is 11.1. The van der Waals surface area contributed by atoms with E-state index in [1.807, 2.05) is 0 Å². The molecule has 3 unspecified atom stereocenters. The summed E-state index contributed by atoms with van der Waals surface area (Å²) in [6.07, 6.45) is 21.6. The van der Waals surface area contributed by atoms with Crippen LogP contribution in [-0.2, 0) is 23.2 Å². The molecule has 0 heterocycles. The molecule has 7 atom stereocenters. The van der Waals surface area contributed by atoms with Crippen molar-refractivity contribution in [2.45, 2.75) is 227 Å². The molecule has 0 aliphatic heterocycles. The standard InChI is InChI=1S/C48H84O5Si2/c1-16-17-18-19-20-28-48(29-30-48)44(50)33-42(51-36(4)49)35(3)40-25-26-41-37(22-21-27-47(40,41)11)23-24-38-31-39(52-54(12,13)45(5,6)7)32-43(34(38)2)53-55(14,15)46(8,9)10/h23-24,35,39-43H,2,16-22,25-33H2,1,3-15H3/b37-23+,38-24-/t35-,39?,40+,41-,42?,43?,47+/m0/s1. The Bertz CT molecular complexity index is 1420. The Morgan fingerprint density at radius 3 is 2.11 bits per heavy atom. The zero-order valence-corrected chi connectivity index (χ0v) is 40.2. The minimum atomic E-state index is -2.04. The summed E-state index contributed by atoms with van der Waals surface area (Å²) in [5.74, 6) is 1.12. The van der Waals surface area contributed by atoms with E-state index in [0.717, 1.165) is 63.4 Å². The summed E-state index contributed by atoms with van der Waals surface area (Å²) >= 11 is 0. The fourth-order valence-electron chi connectivity index (χ4n) is 10.0. The second kappa shape index (κ2) is 17.9. The van der Waals surface area contributed by atoms with Crippen molar-refractivity contribution in [2.24, 2.45) is 28.6 Å². The molecule has 0 aromatic carbocycles. The van der Waals surface area contributed by atoms with Crippen LogP contribution in [0.25, 0.3) is 0 Å². The van der Waals surface area contributed by atoms with Crippen LogP contribution < -0.4 is 0 Å². The first-order chi connectivity index (χ1) is 25.4. The van der Waals surface area contributed by atoms with Crippen LogP contribution in [0.3, 0.4) is 0 Å². The normalized spacial score (nSPS) is 30.0. The molecule has 4 aliphatic rings. The summed E-state index contributed by atoms with van der Waals surface area (Å²) in [6, 6.07) is 0. The van der Waals surface area contributed by atoms with E-state index in [-0.39, 0.29) is 51.1 Å². The zero-order valence-electron chi connectivity index (χ0n) is 38.2. The Labute approximate surface area is 340 Å². The van der Waals surface area contributed by atoms with Gasteiger partial charge in [0.25, 0.3) is 0 Å². The Morgan fingerprint density at radius 2 is 1.53 bits per heavy atom. The van der Waals surface area contributed by atoms with Gasteiger partial charge in [0, 0.05) is 25.2 Å². The third-order valence-corrected chi connectivity index (χ3v) is 24.9. The van der Waals surface area contributed by atoms with E-state index in [1.54, 1.807) is 5.57 Å². The van der Waals surface area contributed by atoms with Crippen LogP contribution in [0.5, 0.6) is 0 Å². The minimum Gasteiger partial charge on any atom is -0.462 e. The molecule has 0 N–H and O–H groups in total. The lowest BCUT2D eigenvalue weighted by molar-refractivity contribution is -0.153. The van der Waals surface area contributed by atoms with Gasteiger partial charge in [-0.3, -0.25) is 9.59 Å². The second-order valence-electron chi connectivity index (χ2n) is 21.9. The highest BCUT2D eigenvalue weighted by Crippen LogP contribution is 2.60. The Kier molecular flexibility index (Phi) is 15.1. The molecule has 0 amide bonds. The van der Waals surface area contributed by atoms with Crippen molar-refractivity contribution in [3.63, 3.8) is 0 Å². The fourth-order valence-corrected chi connectivity index (χ4v) is 12.7. The monoisotopic (exact) mass is 797 g/mol. The summed E-state index contributed by atoms with van der Waals surface area (Å²) in [5.41, 5.74) is 3.93. The number of hydrogen-bond donors (Lipinski definition) is 0. The first-order valence-corrected chi connectivity index (χ1v) is 28.3. The Morgan fingerprint density at radius 1 is 0.909 bits per heavy atom. The van der Waals surface area contributed by atoms with Gasteiger partial charge in [-0.2, -0.15) is 0 Å². The van der Waals surface area contributed by atoms with E-state index in [9.17, 15) is 9.59 Å². The van der Waals surface area contributed by atoms with Gasteiger partial charge in [0.2, 0.25) is 0 Å². The molecular formula is C48H84O5Si2. The lowest BCUT2D eigenvalue weighted by atomic mass is 9.60. The van der Waals surface area contributed by atoms with E-state index < -0.39 is 16.6 Å². The van der Waals surface area contributed by atoms with Gasteiger partial charge in [-0.1, -0.05) is 119 Å². The average Bonchev–Trinajstić information content (AvgIpc) is 3.77. The van der Waals surface area contributed by atoms with Gasteiger partial charge < -0.3 is 13.6 Å². The van der Waals surface area contributed by atoms with Gasteiger partial charge >= 0.3 is 5.97 Å². The molecule has 0 aromatic rings. The van der Waals surface area contributed by atoms with Crippen LogP contribution in [0.1, 0.15) is 172 Å². The summed E-state index contributed by atoms with van der Waals surface area (Å²) in [5, 5.41) is 0.255. The highest BCUT2D eigenvalue weighted by atomic mass is 28.4. The number of fused-ring (bicyclic) bond motifs is 1. The molecular weight excluding hydrogens is 713 g/mol. The lowest BCUT2D eigenvalue weighted by Crippen LogP contribution is -2.49. The number of Topliss-reactive ketones (excluding diaryl/α,β-unsaturated/α-hetero) is 1. The first kappa shape index (κ1) is 46.4. The minimum absolute atomic E-state index is 0.0286. The topological polar surface area (TPSA) is 61.8 Å². The van der Waals surface area contributed by atoms with Crippen LogP contribution >= 0.6 is 0 Å². The van der Waals surface area contributed by atoms with Crippen LogP contribution in [-0.4, -0.2) is 46.7 Å². The van der Waals surface area contributed by atoms with Crippen LogP contribution in [0, 0.1) is 28.6 Å². The van der Waals surface area contributed by atoms with Crippen molar-refractivity contribution in [2.75, 3.05) is 0 Å². The quantitative estimate of drug-likeness (QED) is 0.0833. The molecule has 4 saturated carbocycles. The van der Waals surface area contributed by atoms with Crippen molar-refractivity contribution in [1.29, 1.82) is 0 Å². The van der Waals surface area contributed by atoms with Crippen molar-refractivity contribution >= 4 is 28.4 Å². The number of carbonyl (C=O) groups is 2. The third-order valence-electron chi connectivity index (χ3n) is 15.9. The number of ether oxygens (including phenoxy) is 1. The van der Waals surface area contributed by atoms with Gasteiger partial charge in [-0.05, 0) is 128 Å². The molecule has 0 spiro atoms. The van der Waals surface area contributed by atoms with Gasteiger partial charge in [-0.15, -0.1) is 0 Å². The molecule has 55 heavy (non-hydrogen) atoms. The predicted molar refractivity (Wildman–Crippen MR) is 236 cm³/mol. The molecule has 0 radical (unpaired) electrons. The molecule has 0 saturated heterocycles. The molecule has 4 aliphatic carbocycles. The van der Waals surface area contributed by atoms with Crippen LogP contribution in [0.15, 0.2) is 35.5 Å². The number of carbonyl (C=O) groups excluding carboxylic acids is 2. The summed E-state index contributed by atoms with van der Waals surface area (Å²) in [4.78, 5) is 26.4. The first-order valence-electron chi connectivity index (χ1n) is 22.5. The average molecular weight is 797 g/mol. The number of esters is 1. The van der Waals surface area contributed by atoms with Crippen molar-refractivity contribution < 1.29 is 23.2 Å². The van der Waals surface area contributed by atoms with E-state index in [4.69, 9.17) is 20.2 Å². The second-order valence-corrected chi connectivity index (χ2v) is 31.5. The number of ketones is 1. The summed E-state index contributed by atoms with van der Waals surface area (Å²) in [7, 11) is -4.03. The summed E-state index contributed by atoms with van der Waals surface area (Å²) in [6.45, 7) is 36.6. The van der Waals surface area contributed by atoms with Gasteiger partial charge in [-0.25, -0.2) is 0 Å². The van der Waals surface area contributed by atoms with Gasteiger partial charge in [0.05, 0.1) is 12.2 Å². The molecule has 0 bridgehead atoms. The van der Waals surface area contributed by atoms with E-state index >= 15 is 0 Å². The predicted octanol–water partition coefficient (Wildman–Crippen LogP) is 13.9. The molecule has 4 fully saturated rings. The molecule has 314 valence electrons. The maximum absolute atomic E-state index is 13.9. The number of allylic oxidation sites excluding steroid dienone is 3. The Balaban J connectivity index is 1.55. The van der Waals surface area contributed by atoms with Crippen molar-refractivity contribution in [3.8, 4) is 0 Å². The highest BCUT2D eigenvalue weighted by molar-refractivity contribution is 6.74. The molecule has 0 aromatic heterocycles. The van der Waals surface area contributed by atoms with Gasteiger partial charge in [0.15, 0.2) is 16.6 Å². The highest BCUT2D eigenvalue weighted by Gasteiger charge is 2.54. The largest absolute Gasteiger partial charge is 0.462 e. The molecule has 5 nitrogen and oxygen atoms in total. The number of unbranched alkanes of at least 4 members (excludes halogenated alkanes) is 4. The lowest BCUT2D eigenvalue weighted by Gasteiger charge is -2.46.